The minimum Gasteiger partial charge on any atom is -0.497 e. The van der Waals surface area contributed by atoms with E-state index >= 15 is 0 Å². The maximum absolute atomic E-state index is 12.5. The molecule has 1 heterocycles. The van der Waals surface area contributed by atoms with E-state index in [9.17, 15) is 9.90 Å². The van der Waals surface area contributed by atoms with Crippen LogP contribution in [0.5, 0.6) is 11.5 Å². The van der Waals surface area contributed by atoms with Crippen molar-refractivity contribution in [2.24, 2.45) is 17.3 Å². The predicted octanol–water partition coefficient (Wildman–Crippen LogP) is 5.57. The van der Waals surface area contributed by atoms with E-state index in [0.29, 0.717) is 48.7 Å². The second-order valence-corrected chi connectivity index (χ2v) is 11.9. The number of hydrogen-bond acceptors (Lipinski definition) is 6. The highest BCUT2D eigenvalue weighted by Crippen LogP contribution is 2.60. The summed E-state index contributed by atoms with van der Waals surface area (Å²) in [6, 6.07) is 17.7. The van der Waals surface area contributed by atoms with Crippen molar-refractivity contribution in [2.45, 2.75) is 63.9 Å². The number of aliphatic hydroxyl groups is 1. The number of rotatable bonds is 8. The third-order valence-electron chi connectivity index (χ3n) is 9.81. The molecule has 0 aliphatic heterocycles. The van der Waals surface area contributed by atoms with Gasteiger partial charge in [-0.3, -0.25) is 4.79 Å². The van der Waals surface area contributed by atoms with Gasteiger partial charge in [0.25, 0.3) is 5.91 Å². The minimum atomic E-state index is -0.240. The number of nitrogens with zero attached hydrogens (tertiary/aromatic N) is 2. The van der Waals surface area contributed by atoms with Gasteiger partial charge >= 0.3 is 0 Å². The fourth-order valence-corrected chi connectivity index (χ4v) is 7.54. The zero-order valence-electron chi connectivity index (χ0n) is 23.4. The van der Waals surface area contributed by atoms with Gasteiger partial charge in [0.15, 0.2) is 5.69 Å². The van der Waals surface area contributed by atoms with Gasteiger partial charge in [-0.25, -0.2) is 0 Å². The Morgan fingerprint density at radius 3 is 2.62 bits per heavy atom. The van der Waals surface area contributed by atoms with Gasteiger partial charge in [0.2, 0.25) is 0 Å². The molecule has 0 bridgehead atoms. The lowest BCUT2D eigenvalue weighted by molar-refractivity contribution is -0.0226. The van der Waals surface area contributed by atoms with Gasteiger partial charge in [-0.2, -0.15) is 0 Å². The molecular weight excluding hydrogens is 502 g/mol. The molecule has 1 aromatic heterocycles. The average molecular weight is 542 g/mol. The van der Waals surface area contributed by atoms with E-state index in [1.54, 1.807) is 19.2 Å². The smallest absolute Gasteiger partial charge is 0.271 e. The van der Waals surface area contributed by atoms with Crippen molar-refractivity contribution in [2.75, 3.05) is 20.3 Å². The van der Waals surface area contributed by atoms with E-state index < -0.39 is 0 Å². The van der Waals surface area contributed by atoms with Crippen molar-refractivity contribution < 1.29 is 19.4 Å². The summed E-state index contributed by atoms with van der Waals surface area (Å²) in [5, 5.41) is 21.8. The Hall–Kier alpha value is -3.45. The van der Waals surface area contributed by atoms with E-state index in [2.05, 4.69) is 40.6 Å². The number of fused-ring (bicyclic) bond motifs is 5. The lowest BCUT2D eigenvalue weighted by Crippen LogP contribution is -2.43. The Morgan fingerprint density at radius 2 is 1.85 bits per heavy atom. The maximum Gasteiger partial charge on any atom is 0.271 e. The fourth-order valence-electron chi connectivity index (χ4n) is 7.54. The molecule has 3 aliphatic rings. The Morgan fingerprint density at radius 1 is 1.02 bits per heavy atom. The van der Waals surface area contributed by atoms with Gasteiger partial charge in [-0.05, 0) is 128 Å². The molecule has 2 saturated carbocycles. The van der Waals surface area contributed by atoms with Crippen LogP contribution in [0.2, 0.25) is 0 Å². The number of aliphatic hydroxyl groups excluding tert-OH is 1. The first kappa shape index (κ1) is 26.8. The van der Waals surface area contributed by atoms with Crippen molar-refractivity contribution in [1.82, 2.24) is 15.5 Å². The van der Waals surface area contributed by atoms with E-state index in [1.165, 1.54) is 30.4 Å². The SMILES string of the molecule is COc1ccc(-c2ccc(C(=O)NCCCOc3ccc4c(c3)CCC3C4CCC4(C)C(O)CCC34)nn2)cc1. The van der Waals surface area contributed by atoms with Crippen LogP contribution >= 0.6 is 0 Å². The zero-order valence-corrected chi connectivity index (χ0v) is 23.4. The molecule has 7 heteroatoms. The van der Waals surface area contributed by atoms with Crippen LogP contribution in [-0.2, 0) is 6.42 Å². The first-order valence-corrected chi connectivity index (χ1v) is 14.7. The van der Waals surface area contributed by atoms with Crippen LogP contribution in [-0.4, -0.2) is 47.6 Å². The fraction of sp³-hybridized carbons (Fsp3) is 0.485. The van der Waals surface area contributed by atoms with Crippen LogP contribution in [0.1, 0.15) is 73.0 Å². The maximum atomic E-state index is 12.5. The number of amides is 1. The minimum absolute atomic E-state index is 0.115. The van der Waals surface area contributed by atoms with Gasteiger partial charge in [-0.1, -0.05) is 13.0 Å². The number of carbonyl (C=O) groups is 1. The van der Waals surface area contributed by atoms with Gasteiger partial charge < -0.3 is 19.9 Å². The van der Waals surface area contributed by atoms with Crippen LogP contribution in [0.25, 0.3) is 11.3 Å². The highest BCUT2D eigenvalue weighted by Gasteiger charge is 2.54. The van der Waals surface area contributed by atoms with Crippen molar-refractivity contribution in [3.8, 4) is 22.8 Å². The molecule has 0 spiro atoms. The highest BCUT2D eigenvalue weighted by atomic mass is 16.5. The monoisotopic (exact) mass is 541 g/mol. The van der Waals surface area contributed by atoms with Crippen molar-refractivity contribution >= 4 is 5.91 Å². The average Bonchev–Trinajstić information content (AvgIpc) is 3.30. The Kier molecular flexibility index (Phi) is 7.49. The molecule has 1 amide bonds. The van der Waals surface area contributed by atoms with Crippen LogP contribution < -0.4 is 14.8 Å². The van der Waals surface area contributed by atoms with Crippen LogP contribution in [0.15, 0.2) is 54.6 Å². The largest absolute Gasteiger partial charge is 0.497 e. The number of ether oxygens (including phenoxy) is 2. The second kappa shape index (κ2) is 11.2. The summed E-state index contributed by atoms with van der Waals surface area (Å²) in [6.07, 6.45) is 7.32. The normalized spacial score (nSPS) is 26.8. The number of benzene rings is 2. The summed E-state index contributed by atoms with van der Waals surface area (Å²) in [4.78, 5) is 12.5. The molecule has 3 aromatic rings. The highest BCUT2D eigenvalue weighted by molar-refractivity contribution is 5.92. The van der Waals surface area contributed by atoms with Crippen molar-refractivity contribution in [1.29, 1.82) is 0 Å². The molecule has 2 aromatic carbocycles. The van der Waals surface area contributed by atoms with E-state index in [4.69, 9.17) is 9.47 Å². The predicted molar refractivity (Wildman–Crippen MR) is 154 cm³/mol. The third-order valence-corrected chi connectivity index (χ3v) is 9.81. The Balaban J connectivity index is 0.970. The van der Waals surface area contributed by atoms with Crippen LogP contribution in [0.4, 0.5) is 0 Å². The molecule has 0 radical (unpaired) electrons. The lowest BCUT2D eigenvalue weighted by Gasteiger charge is -2.50. The number of carbonyl (C=O) groups excluding carboxylic acids is 1. The molecule has 3 aliphatic carbocycles. The quantitative estimate of drug-likeness (QED) is 0.362. The molecular formula is C33H39N3O4. The zero-order chi connectivity index (χ0) is 27.7. The number of methoxy groups -OCH3 is 1. The summed E-state index contributed by atoms with van der Waals surface area (Å²) in [5.74, 6) is 3.40. The van der Waals surface area contributed by atoms with Gasteiger partial charge in [0.1, 0.15) is 11.5 Å². The molecule has 2 fully saturated rings. The molecule has 5 atom stereocenters. The molecule has 6 rings (SSSR count). The van der Waals surface area contributed by atoms with Crippen molar-refractivity contribution in [3.63, 3.8) is 0 Å². The summed E-state index contributed by atoms with van der Waals surface area (Å²) < 4.78 is 11.2. The number of aryl methyl sites for hydroxylation is 1. The molecule has 210 valence electrons. The van der Waals surface area contributed by atoms with E-state index in [1.807, 2.05) is 24.3 Å². The summed E-state index contributed by atoms with van der Waals surface area (Å²) in [6.45, 7) is 3.36. The van der Waals surface area contributed by atoms with E-state index in [0.717, 1.165) is 36.3 Å². The summed E-state index contributed by atoms with van der Waals surface area (Å²) >= 11 is 0. The standard InChI is InChI=1S/C33H39N3O4/c1-33-17-16-26-25-11-9-24(20-22(25)6-10-27(26)28(33)12-15-31(33)37)40-19-3-18-34-32(38)30-14-13-29(35-36-30)21-4-7-23(39-2)8-5-21/h4-5,7-9,11,13-14,20,26-28,31,37H,3,6,10,12,15-19H2,1-2H3,(H,34,38). The summed E-state index contributed by atoms with van der Waals surface area (Å²) in [5.41, 5.74) is 4.94. The first-order valence-electron chi connectivity index (χ1n) is 14.7. The summed E-state index contributed by atoms with van der Waals surface area (Å²) in [7, 11) is 1.63. The topological polar surface area (TPSA) is 93.6 Å². The third kappa shape index (κ3) is 5.07. The van der Waals surface area contributed by atoms with Gasteiger partial charge in [0.05, 0.1) is 25.5 Å². The van der Waals surface area contributed by atoms with Crippen LogP contribution in [0.3, 0.4) is 0 Å². The van der Waals surface area contributed by atoms with Crippen LogP contribution in [0, 0.1) is 17.3 Å². The first-order chi connectivity index (χ1) is 19.5. The van der Waals surface area contributed by atoms with Gasteiger partial charge in [0, 0.05) is 12.1 Å². The number of hydrogen-bond donors (Lipinski definition) is 2. The second-order valence-electron chi connectivity index (χ2n) is 11.9. The van der Waals surface area contributed by atoms with E-state index in [-0.39, 0.29) is 17.4 Å². The molecule has 40 heavy (non-hydrogen) atoms. The number of nitrogens with one attached hydrogen (secondary N) is 1. The van der Waals surface area contributed by atoms with Crippen molar-refractivity contribution in [3.05, 3.63) is 71.4 Å². The lowest BCUT2D eigenvalue weighted by atomic mass is 9.55. The Bertz CT molecular complexity index is 1340. The van der Waals surface area contributed by atoms with Gasteiger partial charge in [-0.15, -0.1) is 10.2 Å². The molecule has 0 saturated heterocycles. The Labute approximate surface area is 236 Å². The molecule has 5 unspecified atom stereocenters. The molecule has 2 N–H and O–H groups in total. The number of aromatic nitrogens is 2. The molecule has 7 nitrogen and oxygen atoms in total.